The summed E-state index contributed by atoms with van der Waals surface area (Å²) >= 11 is 0. The summed E-state index contributed by atoms with van der Waals surface area (Å²) in [6.45, 7) is 1.58. The van der Waals surface area contributed by atoms with Gasteiger partial charge in [0.1, 0.15) is 0 Å². The molecular weight excluding hydrogens is 348 g/mol. The highest BCUT2D eigenvalue weighted by molar-refractivity contribution is 6.12. The van der Waals surface area contributed by atoms with Crippen molar-refractivity contribution >= 4 is 11.6 Å². The Balaban J connectivity index is 1.26. The molecule has 2 aromatic carbocycles. The summed E-state index contributed by atoms with van der Waals surface area (Å²) in [5, 5.41) is 2.95. The lowest BCUT2D eigenvalue weighted by molar-refractivity contribution is -0.120. The number of carbonyl (C=O) groups is 1. The first-order valence-electron chi connectivity index (χ1n) is 8.88. The average Bonchev–Trinajstić information content (AvgIpc) is 3.33. The number of nitrogens with one attached hydrogen (secondary N) is 1. The van der Waals surface area contributed by atoms with Crippen molar-refractivity contribution in [1.29, 1.82) is 0 Å². The fraction of sp³-hybridized carbons (Fsp3) is 0.300. The molecule has 0 saturated carbocycles. The van der Waals surface area contributed by atoms with Gasteiger partial charge in [0, 0.05) is 18.7 Å². The van der Waals surface area contributed by atoms with Crippen molar-refractivity contribution in [3.63, 3.8) is 0 Å². The molecule has 0 bridgehead atoms. The van der Waals surface area contributed by atoms with Crippen LogP contribution in [0.5, 0.6) is 23.0 Å². The number of rotatable bonds is 4. The van der Waals surface area contributed by atoms with Gasteiger partial charge in [0.2, 0.25) is 19.5 Å². The molecule has 0 aromatic heterocycles. The molecule has 138 valence electrons. The number of hydrogen-bond acceptors (Lipinski definition) is 6. The van der Waals surface area contributed by atoms with Crippen molar-refractivity contribution in [2.75, 3.05) is 20.1 Å². The van der Waals surface area contributed by atoms with Crippen LogP contribution < -0.4 is 24.3 Å². The maximum absolute atomic E-state index is 12.5. The summed E-state index contributed by atoms with van der Waals surface area (Å²) in [5.41, 5.74) is 3.87. The fourth-order valence-electron chi connectivity index (χ4n) is 3.47. The van der Waals surface area contributed by atoms with Crippen molar-refractivity contribution in [3.8, 4) is 23.0 Å². The van der Waals surface area contributed by atoms with Crippen molar-refractivity contribution in [2.24, 2.45) is 4.99 Å². The Bertz CT molecular complexity index is 954. The standard InChI is InChI=1S/C20H18N2O5/c23-20(22-9-12-1-2-16-17(5-12)25-10-24-16)8-15-14-7-19-18(26-11-27-19)6-13(14)3-4-21-15/h1-2,5-7H,3-4,8-11H2,(H,22,23). The summed E-state index contributed by atoms with van der Waals surface area (Å²) in [6, 6.07) is 9.59. The van der Waals surface area contributed by atoms with Gasteiger partial charge < -0.3 is 24.3 Å². The molecule has 1 N–H and O–H groups in total. The summed E-state index contributed by atoms with van der Waals surface area (Å²) in [6.07, 6.45) is 1.07. The van der Waals surface area contributed by atoms with E-state index in [9.17, 15) is 4.79 Å². The highest BCUT2D eigenvalue weighted by Crippen LogP contribution is 2.36. The SMILES string of the molecule is O=C(CC1=NCCc2cc3c(cc21)OCO3)NCc1ccc2c(c1)OCO2. The summed E-state index contributed by atoms with van der Waals surface area (Å²) in [4.78, 5) is 17.0. The second-order valence-corrected chi connectivity index (χ2v) is 6.58. The zero-order chi connectivity index (χ0) is 18.2. The number of carbonyl (C=O) groups excluding carboxylic acids is 1. The predicted octanol–water partition coefficient (Wildman–Crippen LogP) is 2.20. The fourth-order valence-corrected chi connectivity index (χ4v) is 3.47. The minimum atomic E-state index is -0.0723. The van der Waals surface area contributed by atoms with E-state index in [1.54, 1.807) is 0 Å². The summed E-state index contributed by atoms with van der Waals surface area (Å²) in [7, 11) is 0. The van der Waals surface area contributed by atoms with Gasteiger partial charge in [-0.3, -0.25) is 9.79 Å². The molecule has 0 saturated heterocycles. The molecule has 3 aliphatic heterocycles. The quantitative estimate of drug-likeness (QED) is 0.898. The third-order valence-electron chi connectivity index (χ3n) is 4.85. The van der Waals surface area contributed by atoms with Crippen LogP contribution in [0.25, 0.3) is 0 Å². The van der Waals surface area contributed by atoms with Crippen LogP contribution in [0.3, 0.4) is 0 Å². The van der Waals surface area contributed by atoms with E-state index >= 15 is 0 Å². The highest BCUT2D eigenvalue weighted by atomic mass is 16.7. The lowest BCUT2D eigenvalue weighted by Gasteiger charge is -2.17. The molecular formula is C20H18N2O5. The molecule has 7 nitrogen and oxygen atoms in total. The van der Waals surface area contributed by atoms with E-state index < -0.39 is 0 Å². The van der Waals surface area contributed by atoms with Crippen molar-refractivity contribution in [3.05, 3.63) is 47.0 Å². The van der Waals surface area contributed by atoms with Crippen molar-refractivity contribution in [2.45, 2.75) is 19.4 Å². The van der Waals surface area contributed by atoms with E-state index in [0.29, 0.717) is 24.6 Å². The number of hydrogen-bond donors (Lipinski definition) is 1. The van der Waals surface area contributed by atoms with Crippen LogP contribution in [0, 0.1) is 0 Å². The number of amides is 1. The van der Waals surface area contributed by atoms with Crippen molar-refractivity contribution < 1.29 is 23.7 Å². The van der Waals surface area contributed by atoms with E-state index in [2.05, 4.69) is 10.3 Å². The first-order valence-corrected chi connectivity index (χ1v) is 8.88. The molecule has 7 heteroatoms. The third kappa shape index (κ3) is 3.05. The lowest BCUT2D eigenvalue weighted by Crippen LogP contribution is -2.27. The van der Waals surface area contributed by atoms with Crippen molar-refractivity contribution in [1.82, 2.24) is 5.32 Å². The second-order valence-electron chi connectivity index (χ2n) is 6.58. The normalized spacial score (nSPS) is 15.9. The van der Waals surface area contributed by atoms with Crippen LogP contribution in [-0.4, -0.2) is 31.7 Å². The Hall–Kier alpha value is -3.22. The van der Waals surface area contributed by atoms with Gasteiger partial charge in [0.15, 0.2) is 23.0 Å². The molecule has 0 fully saturated rings. The maximum atomic E-state index is 12.5. The second kappa shape index (κ2) is 6.50. The number of aliphatic imine (C=N–C) groups is 1. The molecule has 0 radical (unpaired) electrons. The minimum Gasteiger partial charge on any atom is -0.454 e. The number of ether oxygens (including phenoxy) is 4. The minimum absolute atomic E-state index is 0.0723. The van der Waals surface area contributed by atoms with Gasteiger partial charge in [-0.15, -0.1) is 0 Å². The Kier molecular flexibility index (Phi) is 3.85. The van der Waals surface area contributed by atoms with Gasteiger partial charge in [0.05, 0.1) is 12.1 Å². The third-order valence-corrected chi connectivity index (χ3v) is 4.85. The highest BCUT2D eigenvalue weighted by Gasteiger charge is 2.23. The van der Waals surface area contributed by atoms with Crippen LogP contribution in [0.2, 0.25) is 0 Å². The van der Waals surface area contributed by atoms with E-state index in [4.69, 9.17) is 18.9 Å². The zero-order valence-corrected chi connectivity index (χ0v) is 14.6. The number of nitrogens with zero attached hydrogens (tertiary/aromatic N) is 1. The van der Waals surface area contributed by atoms with Crippen LogP contribution in [-0.2, 0) is 17.8 Å². The van der Waals surface area contributed by atoms with Crippen LogP contribution in [0.4, 0.5) is 0 Å². The zero-order valence-electron chi connectivity index (χ0n) is 14.6. The van der Waals surface area contributed by atoms with Gasteiger partial charge >= 0.3 is 0 Å². The van der Waals surface area contributed by atoms with Gasteiger partial charge in [-0.2, -0.15) is 0 Å². The van der Waals surface area contributed by atoms with Gasteiger partial charge in [-0.1, -0.05) is 6.07 Å². The van der Waals surface area contributed by atoms with E-state index in [1.807, 2.05) is 30.3 Å². The van der Waals surface area contributed by atoms with Crippen LogP contribution >= 0.6 is 0 Å². The predicted molar refractivity (Wildman–Crippen MR) is 96.7 cm³/mol. The number of fused-ring (bicyclic) bond motifs is 3. The molecule has 3 aliphatic rings. The van der Waals surface area contributed by atoms with Gasteiger partial charge in [0.25, 0.3) is 0 Å². The van der Waals surface area contributed by atoms with Gasteiger partial charge in [-0.25, -0.2) is 0 Å². The Labute approximate surface area is 155 Å². The monoisotopic (exact) mass is 366 g/mol. The average molecular weight is 366 g/mol. The molecule has 0 unspecified atom stereocenters. The smallest absolute Gasteiger partial charge is 0.231 e. The van der Waals surface area contributed by atoms with Gasteiger partial charge in [-0.05, 0) is 41.8 Å². The molecule has 0 aliphatic carbocycles. The Morgan fingerprint density at radius 3 is 2.56 bits per heavy atom. The maximum Gasteiger partial charge on any atom is 0.231 e. The first kappa shape index (κ1) is 16.0. The van der Waals surface area contributed by atoms with E-state index in [0.717, 1.165) is 40.3 Å². The topological polar surface area (TPSA) is 78.4 Å². The molecule has 2 aromatic rings. The number of benzene rings is 2. The molecule has 1 amide bonds. The van der Waals surface area contributed by atoms with Crippen LogP contribution in [0.15, 0.2) is 35.3 Å². The molecule has 3 heterocycles. The summed E-state index contributed by atoms with van der Waals surface area (Å²) in [5.74, 6) is 2.85. The first-order chi connectivity index (χ1) is 13.3. The van der Waals surface area contributed by atoms with E-state index in [-0.39, 0.29) is 25.9 Å². The van der Waals surface area contributed by atoms with Crippen LogP contribution in [0.1, 0.15) is 23.1 Å². The molecule has 0 atom stereocenters. The molecule has 0 spiro atoms. The largest absolute Gasteiger partial charge is 0.454 e. The Morgan fingerprint density at radius 2 is 1.70 bits per heavy atom. The molecule has 5 rings (SSSR count). The van der Waals surface area contributed by atoms with E-state index in [1.165, 1.54) is 0 Å². The Morgan fingerprint density at radius 1 is 0.963 bits per heavy atom. The summed E-state index contributed by atoms with van der Waals surface area (Å²) < 4.78 is 21.6. The molecule has 27 heavy (non-hydrogen) atoms. The lowest BCUT2D eigenvalue weighted by atomic mass is 9.95.